The molecule has 6 heteroatoms. The minimum atomic E-state index is -1.55. The van der Waals surface area contributed by atoms with Gasteiger partial charge in [-0.25, -0.2) is 0 Å². The molecule has 0 heterocycles. The van der Waals surface area contributed by atoms with Gasteiger partial charge in [0.1, 0.15) is 18.3 Å². The van der Waals surface area contributed by atoms with Crippen molar-refractivity contribution < 1.29 is 25.6 Å². The molecule has 6 nitrogen and oxygen atoms in total. The van der Waals surface area contributed by atoms with Crippen LogP contribution in [0, 0.1) is 0 Å². The Morgan fingerprint density at radius 1 is 1.27 bits per heavy atom. The van der Waals surface area contributed by atoms with Crippen molar-refractivity contribution in [3.8, 4) is 0 Å². The van der Waals surface area contributed by atoms with Crippen LogP contribution in [0.5, 0.6) is 0 Å². The molecule has 66 valence electrons. The van der Waals surface area contributed by atoms with Crippen molar-refractivity contribution in [3.05, 3.63) is 0 Å². The van der Waals surface area contributed by atoms with Gasteiger partial charge in [0.05, 0.1) is 12.8 Å². The minimum absolute atomic E-state index is 0.642. The number of aliphatic hydroxyl groups is 4. The Morgan fingerprint density at radius 3 is 2.18 bits per heavy atom. The van der Waals surface area contributed by atoms with Crippen LogP contribution in [0.15, 0.2) is 5.16 Å². The third-order valence-corrected chi connectivity index (χ3v) is 1.15. The van der Waals surface area contributed by atoms with Crippen molar-refractivity contribution in [1.82, 2.24) is 0 Å². The summed E-state index contributed by atoms with van der Waals surface area (Å²) in [6.45, 7) is -0.669. The first-order valence-corrected chi connectivity index (χ1v) is 2.96. The molecule has 0 aliphatic carbocycles. The largest absolute Gasteiger partial charge is 0.411 e. The molecule has 11 heavy (non-hydrogen) atoms. The Hall–Kier alpha value is -0.690. The van der Waals surface area contributed by atoms with Crippen LogP contribution < -0.4 is 0 Å². The number of rotatable bonds is 4. The predicted octanol–water partition coefficient (Wildman–Crippen LogP) is -2.48. The maximum Gasteiger partial charge on any atom is 0.121 e. The molecule has 0 aromatic heterocycles. The molecule has 0 fully saturated rings. The Kier molecular flexibility index (Phi) is 4.71. The molecule has 0 aliphatic rings. The highest BCUT2D eigenvalue weighted by Gasteiger charge is 2.22. The monoisotopic (exact) mass is 165 g/mol. The van der Waals surface area contributed by atoms with Crippen molar-refractivity contribution in [3.63, 3.8) is 0 Å². The molecule has 5 N–H and O–H groups in total. The van der Waals surface area contributed by atoms with Crippen LogP contribution in [0.2, 0.25) is 0 Å². The number of aliphatic hydroxyl groups excluding tert-OH is 4. The van der Waals surface area contributed by atoms with Crippen molar-refractivity contribution in [2.45, 2.75) is 18.3 Å². The zero-order valence-corrected chi connectivity index (χ0v) is 5.70. The van der Waals surface area contributed by atoms with E-state index in [1.807, 2.05) is 0 Å². The summed E-state index contributed by atoms with van der Waals surface area (Å²) >= 11 is 0. The molecule has 0 aliphatic heterocycles. The summed E-state index contributed by atoms with van der Waals surface area (Å²) in [5, 5.41) is 45.0. The van der Waals surface area contributed by atoms with Crippen LogP contribution in [0.25, 0.3) is 0 Å². The van der Waals surface area contributed by atoms with Gasteiger partial charge in [-0.2, -0.15) is 0 Å². The average molecular weight is 165 g/mol. The van der Waals surface area contributed by atoms with Crippen LogP contribution >= 0.6 is 0 Å². The van der Waals surface area contributed by atoms with Gasteiger partial charge < -0.3 is 25.6 Å². The Bertz CT molecular complexity index is 128. The second kappa shape index (κ2) is 5.03. The highest BCUT2D eigenvalue weighted by molar-refractivity contribution is 5.62. The maximum absolute atomic E-state index is 8.85. The molecule has 0 spiro atoms. The van der Waals surface area contributed by atoms with E-state index >= 15 is 0 Å². The summed E-state index contributed by atoms with van der Waals surface area (Å²) in [4.78, 5) is 0. The van der Waals surface area contributed by atoms with Crippen LogP contribution in [0.1, 0.15) is 0 Å². The lowest BCUT2D eigenvalue weighted by Crippen LogP contribution is -2.40. The van der Waals surface area contributed by atoms with E-state index in [0.717, 1.165) is 0 Å². The van der Waals surface area contributed by atoms with E-state index in [1.54, 1.807) is 0 Å². The molecular formula is C5H11NO5. The van der Waals surface area contributed by atoms with Crippen molar-refractivity contribution in [2.24, 2.45) is 5.16 Å². The maximum atomic E-state index is 8.85. The fourth-order valence-corrected chi connectivity index (χ4v) is 0.492. The normalized spacial score (nSPS) is 20.0. The third-order valence-electron chi connectivity index (χ3n) is 1.15. The quantitative estimate of drug-likeness (QED) is 0.180. The first kappa shape index (κ1) is 10.3. The van der Waals surface area contributed by atoms with Crippen LogP contribution in [-0.4, -0.2) is 56.8 Å². The second-order valence-electron chi connectivity index (χ2n) is 2.00. The third kappa shape index (κ3) is 3.28. The van der Waals surface area contributed by atoms with Gasteiger partial charge in [0.2, 0.25) is 0 Å². The van der Waals surface area contributed by atoms with E-state index in [9.17, 15) is 0 Å². The summed E-state index contributed by atoms with van der Waals surface area (Å²) in [7, 11) is 0. The first-order chi connectivity index (χ1) is 5.13. The smallest absolute Gasteiger partial charge is 0.121 e. The molecule has 0 aromatic carbocycles. The van der Waals surface area contributed by atoms with Crippen LogP contribution in [0.4, 0.5) is 0 Å². The van der Waals surface area contributed by atoms with Crippen LogP contribution in [0.3, 0.4) is 0 Å². The molecule has 0 aromatic rings. The highest BCUT2D eigenvalue weighted by atomic mass is 16.4. The van der Waals surface area contributed by atoms with Crippen molar-refractivity contribution in [2.75, 3.05) is 6.61 Å². The van der Waals surface area contributed by atoms with Gasteiger partial charge in [-0.05, 0) is 0 Å². The van der Waals surface area contributed by atoms with Crippen molar-refractivity contribution >= 4 is 6.21 Å². The highest BCUT2D eigenvalue weighted by Crippen LogP contribution is 1.97. The van der Waals surface area contributed by atoms with E-state index in [4.69, 9.17) is 25.6 Å². The molecule has 0 saturated carbocycles. The number of hydrogen-bond acceptors (Lipinski definition) is 6. The molecule has 0 radical (unpaired) electrons. The zero-order chi connectivity index (χ0) is 8.85. The van der Waals surface area contributed by atoms with E-state index < -0.39 is 24.9 Å². The Balaban J connectivity index is 3.90. The van der Waals surface area contributed by atoms with Crippen molar-refractivity contribution in [1.29, 1.82) is 0 Å². The molecule has 3 atom stereocenters. The molecule has 0 unspecified atom stereocenters. The summed E-state index contributed by atoms with van der Waals surface area (Å²) in [6.07, 6.45) is -3.83. The lowest BCUT2D eigenvalue weighted by molar-refractivity contribution is -0.0546. The van der Waals surface area contributed by atoms with Gasteiger partial charge in [-0.3, -0.25) is 0 Å². The standard InChI is InChI=1S/C5H11NO5/c7-2-4(9)5(10)3(8)1-6-11/h1,3-5,7-11H,2H2/t3-,4+,5-/m0/s1. The summed E-state index contributed by atoms with van der Waals surface area (Å²) in [5.41, 5.74) is 0. The zero-order valence-electron chi connectivity index (χ0n) is 5.70. The van der Waals surface area contributed by atoms with Gasteiger partial charge in [0.25, 0.3) is 0 Å². The topological polar surface area (TPSA) is 114 Å². The van der Waals surface area contributed by atoms with E-state index in [0.29, 0.717) is 6.21 Å². The molecule has 0 saturated heterocycles. The van der Waals surface area contributed by atoms with Crippen LogP contribution in [-0.2, 0) is 0 Å². The van der Waals surface area contributed by atoms with E-state index in [-0.39, 0.29) is 0 Å². The molecular weight excluding hydrogens is 154 g/mol. The summed E-state index contributed by atoms with van der Waals surface area (Å²) in [5.74, 6) is 0. The predicted molar refractivity (Wildman–Crippen MR) is 35.4 cm³/mol. The van der Waals surface area contributed by atoms with Gasteiger partial charge in [0, 0.05) is 0 Å². The summed E-state index contributed by atoms with van der Waals surface area (Å²) < 4.78 is 0. The Labute approximate surface area is 63.0 Å². The number of nitrogens with zero attached hydrogens (tertiary/aromatic N) is 1. The Morgan fingerprint density at radius 2 is 1.82 bits per heavy atom. The van der Waals surface area contributed by atoms with E-state index in [2.05, 4.69) is 5.16 Å². The second-order valence-corrected chi connectivity index (χ2v) is 2.00. The van der Waals surface area contributed by atoms with E-state index in [1.165, 1.54) is 0 Å². The fraction of sp³-hybridized carbons (Fsp3) is 0.800. The SMILES string of the molecule is OC[C@@H](O)[C@@H](O)[C@@H](O)C=NO. The number of oxime groups is 1. The van der Waals surface area contributed by atoms with Gasteiger partial charge >= 0.3 is 0 Å². The molecule has 0 rings (SSSR count). The van der Waals surface area contributed by atoms with Gasteiger partial charge in [-0.1, -0.05) is 5.16 Å². The average Bonchev–Trinajstić information content (AvgIpc) is 2.02. The molecule has 0 amide bonds. The first-order valence-electron chi connectivity index (χ1n) is 2.96. The minimum Gasteiger partial charge on any atom is -0.411 e. The van der Waals surface area contributed by atoms with Gasteiger partial charge in [-0.15, -0.1) is 0 Å². The lowest BCUT2D eigenvalue weighted by atomic mass is 10.1. The van der Waals surface area contributed by atoms with Gasteiger partial charge in [0.15, 0.2) is 0 Å². The lowest BCUT2D eigenvalue weighted by Gasteiger charge is -2.17. The molecule has 0 bridgehead atoms. The fourth-order valence-electron chi connectivity index (χ4n) is 0.492. The summed E-state index contributed by atoms with van der Waals surface area (Å²) in [6, 6.07) is 0. The number of hydrogen-bond donors (Lipinski definition) is 5.